The molecule has 0 amide bonds. The van der Waals surface area contributed by atoms with Gasteiger partial charge in [-0.2, -0.15) is 0 Å². The van der Waals surface area contributed by atoms with E-state index in [0.717, 1.165) is 12.0 Å². The van der Waals surface area contributed by atoms with Crippen molar-refractivity contribution >= 4 is 0 Å². The molecule has 2 N–H and O–H groups in total. The highest BCUT2D eigenvalue weighted by atomic mass is 16.3. The summed E-state index contributed by atoms with van der Waals surface area (Å²) in [4.78, 5) is 0. The number of hydrogen-bond donors (Lipinski definition) is 2. The van der Waals surface area contributed by atoms with Crippen molar-refractivity contribution in [1.82, 2.24) is 5.32 Å². The van der Waals surface area contributed by atoms with Gasteiger partial charge in [0.2, 0.25) is 0 Å². The number of benzene rings is 1. The molecule has 0 fully saturated rings. The molecule has 0 aliphatic carbocycles. The molecule has 2 unspecified atom stereocenters. The lowest BCUT2D eigenvalue weighted by molar-refractivity contribution is 0.165. The lowest BCUT2D eigenvalue weighted by Crippen LogP contribution is -2.36. The number of hydrogen-bond acceptors (Lipinski definition) is 2. The minimum atomic E-state index is -0.422. The lowest BCUT2D eigenvalue weighted by atomic mass is 9.99. The molecule has 0 aliphatic rings. The maximum atomic E-state index is 10.2. The van der Waals surface area contributed by atoms with E-state index >= 15 is 0 Å². The molecular formula is C17H29NO. The average molecular weight is 263 g/mol. The van der Waals surface area contributed by atoms with Crippen molar-refractivity contribution in [2.45, 2.75) is 59.1 Å². The Morgan fingerprint density at radius 2 is 1.53 bits per heavy atom. The van der Waals surface area contributed by atoms with Gasteiger partial charge in [0.1, 0.15) is 0 Å². The van der Waals surface area contributed by atoms with Crippen molar-refractivity contribution in [3.8, 4) is 0 Å². The smallest absolute Gasteiger partial charge is 0.0914 e. The number of aliphatic hydroxyl groups is 1. The van der Waals surface area contributed by atoms with E-state index in [4.69, 9.17) is 0 Å². The van der Waals surface area contributed by atoms with Crippen molar-refractivity contribution in [2.75, 3.05) is 6.54 Å². The minimum Gasteiger partial charge on any atom is -0.387 e. The highest BCUT2D eigenvalue weighted by Crippen LogP contribution is 2.18. The molecule has 2 atom stereocenters. The van der Waals surface area contributed by atoms with Gasteiger partial charge >= 0.3 is 0 Å². The molecule has 1 rings (SSSR count). The quantitative estimate of drug-likeness (QED) is 0.782. The summed E-state index contributed by atoms with van der Waals surface area (Å²) < 4.78 is 0. The largest absolute Gasteiger partial charge is 0.387 e. The summed E-state index contributed by atoms with van der Waals surface area (Å²) in [7, 11) is 0. The fraction of sp³-hybridized carbons (Fsp3) is 0.647. The van der Waals surface area contributed by atoms with Crippen molar-refractivity contribution in [1.29, 1.82) is 0 Å². The molecule has 2 heteroatoms. The van der Waals surface area contributed by atoms with Gasteiger partial charge in [0, 0.05) is 12.6 Å². The molecule has 0 aromatic heterocycles. The number of nitrogens with one attached hydrogen (secondary N) is 1. The van der Waals surface area contributed by atoms with Crippen molar-refractivity contribution < 1.29 is 5.11 Å². The van der Waals surface area contributed by atoms with Crippen molar-refractivity contribution in [3.63, 3.8) is 0 Å². The second-order valence-electron chi connectivity index (χ2n) is 6.00. The first-order chi connectivity index (χ1) is 8.95. The normalized spacial score (nSPS) is 14.9. The summed E-state index contributed by atoms with van der Waals surface area (Å²) in [6.07, 6.45) is 0.672. The van der Waals surface area contributed by atoms with E-state index in [9.17, 15) is 5.11 Å². The van der Waals surface area contributed by atoms with Crippen LogP contribution >= 0.6 is 0 Å². The first-order valence-corrected chi connectivity index (χ1v) is 7.47. The van der Waals surface area contributed by atoms with Crippen LogP contribution in [0.15, 0.2) is 24.3 Å². The van der Waals surface area contributed by atoms with Crippen LogP contribution in [0.2, 0.25) is 0 Å². The molecule has 0 spiro atoms. The summed E-state index contributed by atoms with van der Waals surface area (Å²) in [5, 5.41) is 13.7. The molecule has 0 saturated carbocycles. The van der Waals surface area contributed by atoms with Gasteiger partial charge in [0.05, 0.1) is 6.10 Å². The Kier molecular flexibility index (Phi) is 6.53. The highest BCUT2D eigenvalue weighted by Gasteiger charge is 2.13. The van der Waals surface area contributed by atoms with Crippen LogP contribution in [0, 0.1) is 5.92 Å². The van der Waals surface area contributed by atoms with Crippen LogP contribution in [0.1, 0.15) is 64.2 Å². The van der Waals surface area contributed by atoms with E-state index in [-0.39, 0.29) is 0 Å². The third kappa shape index (κ3) is 4.96. The molecule has 0 heterocycles. The molecule has 1 aromatic rings. The van der Waals surface area contributed by atoms with Crippen LogP contribution in [-0.4, -0.2) is 17.7 Å². The predicted octanol–water partition coefficient (Wildman–Crippen LogP) is 3.87. The van der Waals surface area contributed by atoms with Crippen LogP contribution in [0.4, 0.5) is 0 Å². The first kappa shape index (κ1) is 16.2. The SMILES string of the molecule is CCC(NCC(O)c1ccc(C(C)C)cc1)C(C)C. The minimum absolute atomic E-state index is 0.422. The zero-order chi connectivity index (χ0) is 14.4. The van der Waals surface area contributed by atoms with Gasteiger partial charge in [-0.3, -0.25) is 0 Å². The molecule has 19 heavy (non-hydrogen) atoms. The van der Waals surface area contributed by atoms with Crippen LogP contribution < -0.4 is 5.32 Å². The number of rotatable bonds is 7. The topological polar surface area (TPSA) is 32.3 Å². The summed E-state index contributed by atoms with van der Waals surface area (Å²) in [5.41, 5.74) is 2.31. The molecular weight excluding hydrogens is 234 g/mol. The van der Waals surface area contributed by atoms with E-state index in [1.165, 1.54) is 5.56 Å². The Morgan fingerprint density at radius 3 is 1.95 bits per heavy atom. The molecule has 1 aromatic carbocycles. The van der Waals surface area contributed by atoms with E-state index in [1.54, 1.807) is 0 Å². The van der Waals surface area contributed by atoms with Crippen LogP contribution in [0.5, 0.6) is 0 Å². The van der Waals surface area contributed by atoms with Crippen LogP contribution in [-0.2, 0) is 0 Å². The molecule has 0 saturated heterocycles. The Labute approximate surface area is 118 Å². The van der Waals surface area contributed by atoms with Crippen LogP contribution in [0.25, 0.3) is 0 Å². The van der Waals surface area contributed by atoms with Gasteiger partial charge < -0.3 is 10.4 Å². The van der Waals surface area contributed by atoms with Gasteiger partial charge in [0.25, 0.3) is 0 Å². The van der Waals surface area contributed by atoms with Crippen molar-refractivity contribution in [2.24, 2.45) is 5.92 Å². The molecule has 2 nitrogen and oxygen atoms in total. The van der Waals surface area contributed by atoms with E-state index in [2.05, 4.69) is 52.1 Å². The third-order valence-corrected chi connectivity index (χ3v) is 3.81. The highest BCUT2D eigenvalue weighted by molar-refractivity contribution is 5.26. The predicted molar refractivity (Wildman–Crippen MR) is 82.4 cm³/mol. The maximum Gasteiger partial charge on any atom is 0.0914 e. The average Bonchev–Trinajstić information content (AvgIpc) is 2.38. The molecule has 0 radical (unpaired) electrons. The van der Waals surface area contributed by atoms with Gasteiger partial charge in [-0.1, -0.05) is 58.9 Å². The summed E-state index contributed by atoms with van der Waals surface area (Å²) in [5.74, 6) is 1.13. The Bertz CT molecular complexity index is 356. The van der Waals surface area contributed by atoms with Crippen LogP contribution in [0.3, 0.4) is 0 Å². The fourth-order valence-electron chi connectivity index (χ4n) is 2.34. The standard InChI is InChI=1S/C17H29NO/c1-6-16(13(4)5)18-11-17(19)15-9-7-14(8-10-15)12(2)3/h7-10,12-13,16-19H,6,11H2,1-5H3. The fourth-order valence-corrected chi connectivity index (χ4v) is 2.34. The third-order valence-electron chi connectivity index (χ3n) is 3.81. The van der Waals surface area contributed by atoms with E-state index < -0.39 is 6.10 Å². The maximum absolute atomic E-state index is 10.2. The second-order valence-corrected chi connectivity index (χ2v) is 6.00. The van der Waals surface area contributed by atoms with Gasteiger partial charge in [-0.05, 0) is 29.4 Å². The second kappa shape index (κ2) is 7.66. The Morgan fingerprint density at radius 1 is 1.00 bits per heavy atom. The van der Waals surface area contributed by atoms with Gasteiger partial charge in [0.15, 0.2) is 0 Å². The summed E-state index contributed by atoms with van der Waals surface area (Å²) >= 11 is 0. The zero-order valence-electron chi connectivity index (χ0n) is 13.0. The monoisotopic (exact) mass is 263 g/mol. The summed E-state index contributed by atoms with van der Waals surface area (Å²) in [6, 6.07) is 8.78. The number of aliphatic hydroxyl groups excluding tert-OH is 1. The summed E-state index contributed by atoms with van der Waals surface area (Å²) in [6.45, 7) is 11.6. The van der Waals surface area contributed by atoms with E-state index in [1.807, 2.05) is 12.1 Å². The zero-order valence-corrected chi connectivity index (χ0v) is 13.0. The Balaban J connectivity index is 2.55. The Hall–Kier alpha value is -0.860. The molecule has 108 valence electrons. The first-order valence-electron chi connectivity index (χ1n) is 7.47. The molecule has 0 bridgehead atoms. The van der Waals surface area contributed by atoms with Gasteiger partial charge in [-0.25, -0.2) is 0 Å². The molecule has 0 aliphatic heterocycles. The van der Waals surface area contributed by atoms with E-state index in [0.29, 0.717) is 24.4 Å². The lowest BCUT2D eigenvalue weighted by Gasteiger charge is -2.23. The van der Waals surface area contributed by atoms with Crippen molar-refractivity contribution in [3.05, 3.63) is 35.4 Å². The van der Waals surface area contributed by atoms with Gasteiger partial charge in [-0.15, -0.1) is 0 Å².